The van der Waals surface area contributed by atoms with Crippen LogP contribution in [-0.2, 0) is 9.53 Å². The molecule has 1 fully saturated rings. The lowest BCUT2D eigenvalue weighted by atomic mass is 10.0. The van der Waals surface area contributed by atoms with Crippen LogP contribution in [0, 0.1) is 5.82 Å². The summed E-state index contributed by atoms with van der Waals surface area (Å²) in [5, 5.41) is 0. The molecule has 5 heteroatoms. The molecule has 2 unspecified atom stereocenters. The van der Waals surface area contributed by atoms with E-state index in [0.29, 0.717) is 19.7 Å². The van der Waals surface area contributed by atoms with E-state index < -0.39 is 0 Å². The largest absolute Gasteiger partial charge is 0.370 e. The highest BCUT2D eigenvalue weighted by Gasteiger charge is 2.33. The molecule has 0 radical (unpaired) electrons. The van der Waals surface area contributed by atoms with E-state index in [1.165, 1.54) is 12.1 Å². The van der Waals surface area contributed by atoms with Crippen LogP contribution in [0.4, 0.5) is 4.39 Å². The third kappa shape index (κ3) is 4.54. The van der Waals surface area contributed by atoms with E-state index in [9.17, 15) is 9.18 Å². The lowest BCUT2D eigenvalue weighted by molar-refractivity contribution is -0.145. The van der Waals surface area contributed by atoms with E-state index in [1.54, 1.807) is 12.1 Å². The van der Waals surface area contributed by atoms with Crippen molar-refractivity contribution in [3.63, 3.8) is 0 Å². The van der Waals surface area contributed by atoms with Crippen molar-refractivity contribution < 1.29 is 13.9 Å². The van der Waals surface area contributed by atoms with Gasteiger partial charge in [-0.15, -0.1) is 0 Å². The van der Waals surface area contributed by atoms with Crippen LogP contribution in [0.3, 0.4) is 0 Å². The zero-order valence-corrected chi connectivity index (χ0v) is 16.0. The summed E-state index contributed by atoms with van der Waals surface area (Å²) in [5.41, 5.74) is 1.91. The predicted molar refractivity (Wildman–Crippen MR) is 104 cm³/mol. The zero-order valence-electron chi connectivity index (χ0n) is 16.0. The Labute approximate surface area is 160 Å². The molecular formula is C22H27FN2O2. The number of likely N-dealkylation sites (N-methyl/N-ethyl adjacent to an activating group) is 1. The van der Waals surface area contributed by atoms with Gasteiger partial charge in [-0.05, 0) is 36.3 Å². The molecule has 0 aromatic heterocycles. The maximum atomic E-state index is 13.5. The average Bonchev–Trinajstić information content (AvgIpc) is 2.72. The quantitative estimate of drug-likeness (QED) is 0.775. The highest BCUT2D eigenvalue weighted by atomic mass is 19.1. The minimum atomic E-state index is -0.298. The normalized spacial score (nSPS) is 18.5. The summed E-state index contributed by atoms with van der Waals surface area (Å²) in [6, 6.07) is 16.0. The van der Waals surface area contributed by atoms with Crippen LogP contribution in [0.25, 0.3) is 0 Å². The van der Waals surface area contributed by atoms with Gasteiger partial charge in [0.1, 0.15) is 18.0 Å². The molecule has 1 saturated heterocycles. The summed E-state index contributed by atoms with van der Waals surface area (Å²) in [5.74, 6) is -0.173. The number of hydrogen-bond acceptors (Lipinski definition) is 3. The second-order valence-corrected chi connectivity index (χ2v) is 6.73. The van der Waals surface area contributed by atoms with Crippen LogP contribution >= 0.6 is 0 Å². The number of amides is 1. The number of ether oxygens (including phenoxy) is 1. The highest BCUT2D eigenvalue weighted by Crippen LogP contribution is 2.28. The van der Waals surface area contributed by atoms with E-state index in [0.717, 1.165) is 24.2 Å². The Hall–Kier alpha value is -2.24. The third-order valence-electron chi connectivity index (χ3n) is 5.15. The van der Waals surface area contributed by atoms with Crippen molar-refractivity contribution in [2.24, 2.45) is 0 Å². The first kappa shape index (κ1) is 19.5. The molecule has 0 bridgehead atoms. The Kier molecular flexibility index (Phi) is 6.58. The lowest BCUT2D eigenvalue weighted by Crippen LogP contribution is -2.48. The number of morpholine rings is 1. The Morgan fingerprint density at radius 3 is 2.44 bits per heavy atom. The maximum Gasteiger partial charge on any atom is 0.244 e. The number of carbonyl (C=O) groups excluding carboxylic acids is 1. The molecule has 4 nitrogen and oxygen atoms in total. The standard InChI is InChI=1S/C22H27FN2O2/c1-3-24(4-2)21(18-8-6-5-7-9-18)22(26)25-14-15-27-20(16-25)17-10-12-19(23)13-11-17/h5-13,20-21H,3-4,14-16H2,1-2H3. The van der Waals surface area contributed by atoms with Crippen LogP contribution in [0.2, 0.25) is 0 Å². The molecule has 144 valence electrons. The minimum absolute atomic E-state index is 0.0975. The smallest absolute Gasteiger partial charge is 0.244 e. The molecule has 0 N–H and O–H groups in total. The van der Waals surface area contributed by atoms with Crippen molar-refractivity contribution in [2.75, 3.05) is 32.8 Å². The third-order valence-corrected chi connectivity index (χ3v) is 5.15. The summed E-state index contributed by atoms with van der Waals surface area (Å²) in [7, 11) is 0. The fraction of sp³-hybridized carbons (Fsp3) is 0.409. The van der Waals surface area contributed by atoms with Gasteiger partial charge in [0.25, 0.3) is 0 Å². The topological polar surface area (TPSA) is 32.8 Å². The van der Waals surface area contributed by atoms with Gasteiger partial charge in [0.05, 0.1) is 13.2 Å². The second kappa shape index (κ2) is 9.11. The number of nitrogens with zero attached hydrogens (tertiary/aromatic N) is 2. The van der Waals surface area contributed by atoms with Gasteiger partial charge < -0.3 is 9.64 Å². The summed E-state index contributed by atoms with van der Waals surface area (Å²) in [4.78, 5) is 17.5. The van der Waals surface area contributed by atoms with Crippen LogP contribution in [-0.4, -0.2) is 48.5 Å². The first-order chi connectivity index (χ1) is 13.1. The fourth-order valence-corrected chi connectivity index (χ4v) is 3.64. The number of hydrogen-bond donors (Lipinski definition) is 0. The van der Waals surface area contributed by atoms with E-state index in [4.69, 9.17) is 4.74 Å². The SMILES string of the molecule is CCN(CC)C(C(=O)N1CCOC(c2ccc(F)cc2)C1)c1ccccc1. The Morgan fingerprint density at radius 1 is 1.15 bits per heavy atom. The summed E-state index contributed by atoms with van der Waals surface area (Å²) in [6.07, 6.45) is -0.226. The fourth-order valence-electron chi connectivity index (χ4n) is 3.64. The Balaban J connectivity index is 1.81. The molecular weight excluding hydrogens is 343 g/mol. The highest BCUT2D eigenvalue weighted by molar-refractivity contribution is 5.83. The molecule has 1 aliphatic rings. The van der Waals surface area contributed by atoms with Gasteiger partial charge in [0.2, 0.25) is 5.91 Å². The van der Waals surface area contributed by atoms with Gasteiger partial charge >= 0.3 is 0 Å². The van der Waals surface area contributed by atoms with Crippen molar-refractivity contribution in [3.8, 4) is 0 Å². The van der Waals surface area contributed by atoms with Crippen molar-refractivity contribution in [2.45, 2.75) is 26.0 Å². The van der Waals surface area contributed by atoms with Crippen molar-refractivity contribution in [3.05, 3.63) is 71.5 Å². The summed E-state index contributed by atoms with van der Waals surface area (Å²) < 4.78 is 19.1. The molecule has 2 atom stereocenters. The van der Waals surface area contributed by atoms with Gasteiger partial charge in [0.15, 0.2) is 0 Å². The van der Waals surface area contributed by atoms with E-state index >= 15 is 0 Å². The number of halogens is 1. The Bertz CT molecular complexity index is 732. The molecule has 1 amide bonds. The molecule has 27 heavy (non-hydrogen) atoms. The van der Waals surface area contributed by atoms with E-state index in [2.05, 4.69) is 18.7 Å². The van der Waals surface area contributed by atoms with E-state index in [-0.39, 0.29) is 23.9 Å². The van der Waals surface area contributed by atoms with Gasteiger partial charge in [-0.2, -0.15) is 0 Å². The number of benzene rings is 2. The molecule has 0 spiro atoms. The number of carbonyl (C=O) groups is 1. The second-order valence-electron chi connectivity index (χ2n) is 6.73. The van der Waals surface area contributed by atoms with Crippen LogP contribution in [0.1, 0.15) is 37.1 Å². The molecule has 2 aromatic carbocycles. The summed E-state index contributed by atoms with van der Waals surface area (Å²) in [6.45, 7) is 7.28. The van der Waals surface area contributed by atoms with Gasteiger partial charge in [0, 0.05) is 6.54 Å². The predicted octanol–water partition coefficient (Wildman–Crippen LogP) is 3.81. The first-order valence-corrected chi connectivity index (χ1v) is 9.58. The molecule has 0 aliphatic carbocycles. The zero-order chi connectivity index (χ0) is 19.2. The molecule has 1 aliphatic heterocycles. The average molecular weight is 370 g/mol. The first-order valence-electron chi connectivity index (χ1n) is 9.58. The monoisotopic (exact) mass is 370 g/mol. The van der Waals surface area contributed by atoms with Gasteiger partial charge in [-0.1, -0.05) is 56.3 Å². The summed E-state index contributed by atoms with van der Waals surface area (Å²) >= 11 is 0. The van der Waals surface area contributed by atoms with Gasteiger partial charge in [-0.3, -0.25) is 9.69 Å². The molecule has 0 saturated carbocycles. The number of rotatable bonds is 6. The van der Waals surface area contributed by atoms with Crippen molar-refractivity contribution >= 4 is 5.91 Å². The minimum Gasteiger partial charge on any atom is -0.370 e. The van der Waals surface area contributed by atoms with Crippen LogP contribution in [0.5, 0.6) is 0 Å². The van der Waals surface area contributed by atoms with E-state index in [1.807, 2.05) is 35.2 Å². The van der Waals surface area contributed by atoms with Crippen molar-refractivity contribution in [1.82, 2.24) is 9.80 Å². The van der Waals surface area contributed by atoms with Crippen molar-refractivity contribution in [1.29, 1.82) is 0 Å². The molecule has 3 rings (SSSR count). The van der Waals surface area contributed by atoms with Gasteiger partial charge in [-0.25, -0.2) is 4.39 Å². The molecule has 1 heterocycles. The van der Waals surface area contributed by atoms with Crippen LogP contribution < -0.4 is 0 Å². The van der Waals surface area contributed by atoms with Crippen LogP contribution in [0.15, 0.2) is 54.6 Å². The molecule has 2 aromatic rings. The Morgan fingerprint density at radius 2 is 1.81 bits per heavy atom. The lowest BCUT2D eigenvalue weighted by Gasteiger charge is -2.38. The maximum absolute atomic E-state index is 13.5.